The summed E-state index contributed by atoms with van der Waals surface area (Å²) in [5.41, 5.74) is 0. The molecule has 0 spiro atoms. The van der Waals surface area contributed by atoms with Crippen molar-refractivity contribution in [1.29, 1.82) is 0 Å². The van der Waals surface area contributed by atoms with Crippen LogP contribution in [0.15, 0.2) is 0 Å². The van der Waals surface area contributed by atoms with E-state index < -0.39 is 0 Å². The van der Waals surface area contributed by atoms with Crippen LogP contribution < -0.4 is 0 Å². The Bertz CT molecular complexity index is 53.6. The van der Waals surface area contributed by atoms with Crippen molar-refractivity contribution in [3.63, 3.8) is 0 Å². The smallest absolute Gasteiger partial charge is 0.0548 e. The van der Waals surface area contributed by atoms with Gasteiger partial charge in [-0.3, -0.25) is 0 Å². The van der Waals surface area contributed by atoms with E-state index in [4.69, 9.17) is 4.74 Å². The third-order valence-corrected chi connectivity index (χ3v) is 1.61. The molecule has 0 aliphatic heterocycles. The molecule has 0 radical (unpaired) electrons. The van der Waals surface area contributed by atoms with E-state index in [1.165, 1.54) is 0 Å². The van der Waals surface area contributed by atoms with Crippen molar-refractivity contribution < 1.29 is 4.74 Å². The summed E-state index contributed by atoms with van der Waals surface area (Å²) in [7, 11) is 0. The summed E-state index contributed by atoms with van der Waals surface area (Å²) in [4.78, 5) is 0. The molecule has 0 amide bonds. The van der Waals surface area contributed by atoms with Crippen LogP contribution in [0.5, 0.6) is 0 Å². The first-order valence-corrected chi connectivity index (χ1v) is 3.86. The zero-order valence-corrected chi connectivity index (χ0v) is 6.98. The summed E-state index contributed by atoms with van der Waals surface area (Å²) >= 11 is 0. The standard InChI is InChI=1S/C8H18O/c1-5-7(3)9-8(4)6-2/h7-8H,5-6H2,1-4H3/t7-,8?/m0/s1. The zero-order chi connectivity index (χ0) is 7.28. The van der Waals surface area contributed by atoms with E-state index in [1.807, 2.05) is 0 Å². The Labute approximate surface area is 58.4 Å². The zero-order valence-electron chi connectivity index (χ0n) is 6.98. The van der Waals surface area contributed by atoms with Gasteiger partial charge < -0.3 is 4.74 Å². The fourth-order valence-electron chi connectivity index (χ4n) is 0.589. The molecule has 0 saturated heterocycles. The van der Waals surface area contributed by atoms with E-state index in [-0.39, 0.29) is 0 Å². The van der Waals surface area contributed by atoms with Gasteiger partial charge in [0, 0.05) is 0 Å². The lowest BCUT2D eigenvalue weighted by Gasteiger charge is -2.15. The Hall–Kier alpha value is -0.0400. The Balaban J connectivity index is 3.22. The first kappa shape index (κ1) is 8.96. The van der Waals surface area contributed by atoms with Gasteiger partial charge in [0.15, 0.2) is 0 Å². The molecule has 0 saturated carbocycles. The second-order valence-electron chi connectivity index (χ2n) is 2.57. The molecule has 1 heteroatoms. The highest BCUT2D eigenvalue weighted by Gasteiger charge is 2.02. The molecular weight excluding hydrogens is 112 g/mol. The van der Waals surface area contributed by atoms with E-state index in [1.54, 1.807) is 0 Å². The summed E-state index contributed by atoms with van der Waals surface area (Å²) < 4.78 is 5.55. The first-order chi connectivity index (χ1) is 4.20. The lowest BCUT2D eigenvalue weighted by atomic mass is 10.3. The summed E-state index contributed by atoms with van der Waals surface area (Å²) in [6.45, 7) is 8.53. The van der Waals surface area contributed by atoms with Gasteiger partial charge in [-0.15, -0.1) is 0 Å². The number of rotatable bonds is 4. The lowest BCUT2D eigenvalue weighted by Crippen LogP contribution is -2.14. The molecule has 1 unspecified atom stereocenters. The molecule has 9 heavy (non-hydrogen) atoms. The van der Waals surface area contributed by atoms with E-state index in [0.29, 0.717) is 12.2 Å². The maximum atomic E-state index is 5.55. The lowest BCUT2D eigenvalue weighted by molar-refractivity contribution is 0.00511. The topological polar surface area (TPSA) is 9.23 Å². The highest BCUT2D eigenvalue weighted by molar-refractivity contribution is 4.50. The van der Waals surface area contributed by atoms with Gasteiger partial charge >= 0.3 is 0 Å². The average Bonchev–Trinajstić information content (AvgIpc) is 1.87. The minimum Gasteiger partial charge on any atom is -0.376 e. The van der Waals surface area contributed by atoms with Crippen molar-refractivity contribution in [3.05, 3.63) is 0 Å². The van der Waals surface area contributed by atoms with Gasteiger partial charge in [-0.05, 0) is 26.7 Å². The van der Waals surface area contributed by atoms with Crippen LogP contribution in [0, 0.1) is 0 Å². The minimum atomic E-state index is 0.431. The van der Waals surface area contributed by atoms with E-state index in [0.717, 1.165) is 12.8 Å². The van der Waals surface area contributed by atoms with Crippen LogP contribution in [0.1, 0.15) is 40.5 Å². The molecule has 2 atom stereocenters. The van der Waals surface area contributed by atoms with Crippen LogP contribution in [-0.2, 0) is 4.74 Å². The number of ether oxygens (including phenoxy) is 1. The maximum absolute atomic E-state index is 5.55. The van der Waals surface area contributed by atoms with Crippen molar-refractivity contribution in [1.82, 2.24) is 0 Å². The molecular formula is C8H18O. The Morgan fingerprint density at radius 1 is 1.00 bits per heavy atom. The number of hydrogen-bond acceptors (Lipinski definition) is 1. The van der Waals surface area contributed by atoms with Crippen molar-refractivity contribution in [2.75, 3.05) is 0 Å². The van der Waals surface area contributed by atoms with Crippen molar-refractivity contribution in [3.8, 4) is 0 Å². The molecule has 1 nitrogen and oxygen atoms in total. The van der Waals surface area contributed by atoms with Crippen LogP contribution in [0.25, 0.3) is 0 Å². The third kappa shape index (κ3) is 4.46. The Morgan fingerprint density at radius 3 is 1.56 bits per heavy atom. The third-order valence-electron chi connectivity index (χ3n) is 1.61. The van der Waals surface area contributed by atoms with Gasteiger partial charge in [-0.25, -0.2) is 0 Å². The summed E-state index contributed by atoms with van der Waals surface area (Å²) in [6, 6.07) is 0. The summed E-state index contributed by atoms with van der Waals surface area (Å²) in [5.74, 6) is 0. The second kappa shape index (κ2) is 4.80. The quantitative estimate of drug-likeness (QED) is 0.568. The van der Waals surface area contributed by atoms with Crippen LogP contribution in [-0.4, -0.2) is 12.2 Å². The maximum Gasteiger partial charge on any atom is 0.0548 e. The molecule has 0 aliphatic carbocycles. The molecule has 0 aromatic heterocycles. The predicted molar refractivity (Wildman–Crippen MR) is 40.6 cm³/mol. The van der Waals surface area contributed by atoms with Crippen molar-refractivity contribution in [2.45, 2.75) is 52.7 Å². The largest absolute Gasteiger partial charge is 0.376 e. The predicted octanol–water partition coefficient (Wildman–Crippen LogP) is 2.60. The van der Waals surface area contributed by atoms with Gasteiger partial charge in [-0.2, -0.15) is 0 Å². The van der Waals surface area contributed by atoms with E-state index in [9.17, 15) is 0 Å². The van der Waals surface area contributed by atoms with E-state index in [2.05, 4.69) is 27.7 Å². The summed E-state index contributed by atoms with van der Waals surface area (Å²) in [5, 5.41) is 0. The monoisotopic (exact) mass is 130 g/mol. The molecule has 0 bridgehead atoms. The SMILES string of the molecule is CCC(C)O[C@@H](C)CC. The van der Waals surface area contributed by atoms with Gasteiger partial charge in [-0.1, -0.05) is 13.8 Å². The van der Waals surface area contributed by atoms with Crippen LogP contribution >= 0.6 is 0 Å². The van der Waals surface area contributed by atoms with Gasteiger partial charge in [0.25, 0.3) is 0 Å². The molecule has 0 aliphatic rings. The second-order valence-corrected chi connectivity index (χ2v) is 2.57. The average molecular weight is 130 g/mol. The first-order valence-electron chi connectivity index (χ1n) is 3.86. The highest BCUT2D eigenvalue weighted by Crippen LogP contribution is 2.03. The number of hydrogen-bond donors (Lipinski definition) is 0. The van der Waals surface area contributed by atoms with E-state index >= 15 is 0 Å². The van der Waals surface area contributed by atoms with Gasteiger partial charge in [0.05, 0.1) is 12.2 Å². The van der Waals surface area contributed by atoms with Crippen LogP contribution in [0.2, 0.25) is 0 Å². The Morgan fingerprint density at radius 2 is 1.33 bits per heavy atom. The molecule has 56 valence electrons. The molecule has 0 fully saturated rings. The van der Waals surface area contributed by atoms with Crippen molar-refractivity contribution in [2.24, 2.45) is 0 Å². The fraction of sp³-hybridized carbons (Fsp3) is 1.00. The summed E-state index contributed by atoms with van der Waals surface area (Å²) in [6.07, 6.45) is 3.09. The molecule has 0 rings (SSSR count). The van der Waals surface area contributed by atoms with Crippen LogP contribution in [0.4, 0.5) is 0 Å². The normalized spacial score (nSPS) is 17.3. The fourth-order valence-corrected chi connectivity index (χ4v) is 0.589. The van der Waals surface area contributed by atoms with Crippen LogP contribution in [0.3, 0.4) is 0 Å². The minimum absolute atomic E-state index is 0.431. The molecule has 0 heterocycles. The molecule has 0 N–H and O–H groups in total. The molecule has 0 aromatic rings. The Kier molecular flexibility index (Phi) is 4.78. The molecule has 0 aromatic carbocycles. The van der Waals surface area contributed by atoms with Gasteiger partial charge in [0.2, 0.25) is 0 Å². The van der Waals surface area contributed by atoms with Gasteiger partial charge in [0.1, 0.15) is 0 Å². The van der Waals surface area contributed by atoms with Crippen molar-refractivity contribution >= 4 is 0 Å². The highest BCUT2D eigenvalue weighted by atomic mass is 16.5.